The van der Waals surface area contributed by atoms with Gasteiger partial charge in [-0.25, -0.2) is 0 Å². The van der Waals surface area contributed by atoms with Gasteiger partial charge < -0.3 is 20.5 Å². The molecular formula is C8H18N2O2. The summed E-state index contributed by atoms with van der Waals surface area (Å²) in [5.41, 5.74) is 5.33. The number of nitrogens with two attached hydrogens (primary N) is 1. The Morgan fingerprint density at radius 2 is 2.50 bits per heavy atom. The van der Waals surface area contributed by atoms with Gasteiger partial charge in [-0.2, -0.15) is 0 Å². The van der Waals surface area contributed by atoms with Gasteiger partial charge in [-0.15, -0.1) is 0 Å². The zero-order chi connectivity index (χ0) is 9.03. The standard InChI is InChI=1S/C8H18N2O2/c1-3-11-7(2)8(9)6-10-4-5-12-8/h7,10H,3-6,9H2,1-2H3. The van der Waals surface area contributed by atoms with Gasteiger partial charge in [0.25, 0.3) is 0 Å². The summed E-state index contributed by atoms with van der Waals surface area (Å²) in [5, 5.41) is 3.18. The molecule has 0 aromatic carbocycles. The second kappa shape index (κ2) is 4.18. The molecule has 12 heavy (non-hydrogen) atoms. The number of morpholine rings is 1. The zero-order valence-electron chi connectivity index (χ0n) is 7.80. The minimum Gasteiger partial charge on any atom is -0.374 e. The van der Waals surface area contributed by atoms with Crippen molar-refractivity contribution < 1.29 is 9.47 Å². The van der Waals surface area contributed by atoms with Gasteiger partial charge in [0.05, 0.1) is 12.7 Å². The van der Waals surface area contributed by atoms with E-state index in [0.717, 1.165) is 6.54 Å². The molecule has 1 aliphatic heterocycles. The maximum atomic E-state index is 5.98. The normalized spacial score (nSPS) is 33.2. The smallest absolute Gasteiger partial charge is 0.155 e. The summed E-state index contributed by atoms with van der Waals surface area (Å²) in [6, 6.07) is 0. The summed E-state index contributed by atoms with van der Waals surface area (Å²) < 4.78 is 10.9. The Balaban J connectivity index is 2.44. The van der Waals surface area contributed by atoms with Crippen molar-refractivity contribution in [1.82, 2.24) is 5.32 Å². The van der Waals surface area contributed by atoms with Crippen molar-refractivity contribution in [3.05, 3.63) is 0 Å². The van der Waals surface area contributed by atoms with Crippen LogP contribution in [-0.2, 0) is 9.47 Å². The fourth-order valence-electron chi connectivity index (χ4n) is 1.30. The van der Waals surface area contributed by atoms with E-state index in [1.165, 1.54) is 0 Å². The Bertz CT molecular complexity index is 135. The number of nitrogens with one attached hydrogen (secondary N) is 1. The van der Waals surface area contributed by atoms with Crippen LogP contribution in [0.4, 0.5) is 0 Å². The van der Waals surface area contributed by atoms with E-state index in [-0.39, 0.29) is 6.10 Å². The van der Waals surface area contributed by atoms with Crippen LogP contribution in [0.5, 0.6) is 0 Å². The van der Waals surface area contributed by atoms with Crippen molar-refractivity contribution >= 4 is 0 Å². The highest BCUT2D eigenvalue weighted by molar-refractivity contribution is 4.85. The molecule has 0 radical (unpaired) electrons. The van der Waals surface area contributed by atoms with Crippen molar-refractivity contribution in [2.75, 3.05) is 26.3 Å². The summed E-state index contributed by atoms with van der Waals surface area (Å²) in [5.74, 6) is 0. The Hall–Kier alpha value is -0.160. The molecule has 2 atom stereocenters. The number of ether oxygens (including phenoxy) is 2. The predicted octanol–water partition coefficient (Wildman–Crippen LogP) is -0.314. The highest BCUT2D eigenvalue weighted by atomic mass is 16.6. The molecule has 1 aliphatic rings. The molecule has 0 spiro atoms. The molecule has 1 heterocycles. The monoisotopic (exact) mass is 174 g/mol. The molecule has 72 valence electrons. The molecule has 3 N–H and O–H groups in total. The van der Waals surface area contributed by atoms with Crippen LogP contribution in [0.3, 0.4) is 0 Å². The average Bonchev–Trinajstić information content (AvgIpc) is 2.06. The van der Waals surface area contributed by atoms with E-state index < -0.39 is 5.72 Å². The SMILES string of the molecule is CCOC(C)C1(N)CNCCO1. The van der Waals surface area contributed by atoms with Crippen LogP contribution in [0, 0.1) is 0 Å². The van der Waals surface area contributed by atoms with Gasteiger partial charge in [-0.3, -0.25) is 0 Å². The first-order chi connectivity index (χ1) is 5.69. The summed E-state index contributed by atoms with van der Waals surface area (Å²) in [6.45, 7) is 6.76. The molecule has 4 nitrogen and oxygen atoms in total. The third-order valence-electron chi connectivity index (χ3n) is 2.16. The van der Waals surface area contributed by atoms with E-state index in [4.69, 9.17) is 15.2 Å². The van der Waals surface area contributed by atoms with Crippen LogP contribution < -0.4 is 11.1 Å². The first kappa shape index (κ1) is 9.92. The van der Waals surface area contributed by atoms with Crippen molar-refractivity contribution in [3.8, 4) is 0 Å². The molecule has 0 bridgehead atoms. The van der Waals surface area contributed by atoms with Gasteiger partial charge in [0.15, 0.2) is 5.72 Å². The lowest BCUT2D eigenvalue weighted by Gasteiger charge is -2.38. The summed E-state index contributed by atoms with van der Waals surface area (Å²) in [4.78, 5) is 0. The van der Waals surface area contributed by atoms with Crippen molar-refractivity contribution in [3.63, 3.8) is 0 Å². The van der Waals surface area contributed by atoms with E-state index in [1.807, 2.05) is 13.8 Å². The van der Waals surface area contributed by atoms with Gasteiger partial charge in [0, 0.05) is 19.7 Å². The Morgan fingerprint density at radius 3 is 3.00 bits per heavy atom. The second-order valence-corrected chi connectivity index (χ2v) is 3.08. The third kappa shape index (κ3) is 2.17. The third-order valence-corrected chi connectivity index (χ3v) is 2.16. The van der Waals surface area contributed by atoms with E-state index in [0.29, 0.717) is 19.8 Å². The first-order valence-electron chi connectivity index (χ1n) is 4.44. The molecule has 0 amide bonds. The zero-order valence-corrected chi connectivity index (χ0v) is 7.80. The van der Waals surface area contributed by atoms with Gasteiger partial charge >= 0.3 is 0 Å². The molecule has 2 unspecified atom stereocenters. The highest BCUT2D eigenvalue weighted by Gasteiger charge is 2.35. The molecule has 0 aromatic heterocycles. The Morgan fingerprint density at radius 1 is 1.75 bits per heavy atom. The second-order valence-electron chi connectivity index (χ2n) is 3.08. The number of hydrogen-bond acceptors (Lipinski definition) is 4. The molecule has 1 rings (SSSR count). The summed E-state index contributed by atoms with van der Waals surface area (Å²) >= 11 is 0. The topological polar surface area (TPSA) is 56.5 Å². The van der Waals surface area contributed by atoms with E-state index in [2.05, 4.69) is 5.32 Å². The molecular weight excluding hydrogens is 156 g/mol. The van der Waals surface area contributed by atoms with Gasteiger partial charge in [0.1, 0.15) is 0 Å². The van der Waals surface area contributed by atoms with E-state index in [9.17, 15) is 0 Å². The lowest BCUT2D eigenvalue weighted by Crippen LogP contribution is -2.62. The highest BCUT2D eigenvalue weighted by Crippen LogP contribution is 2.13. The predicted molar refractivity (Wildman–Crippen MR) is 46.8 cm³/mol. The first-order valence-corrected chi connectivity index (χ1v) is 4.44. The van der Waals surface area contributed by atoms with Gasteiger partial charge in [-0.1, -0.05) is 0 Å². The fraction of sp³-hybridized carbons (Fsp3) is 1.00. The fourth-order valence-corrected chi connectivity index (χ4v) is 1.30. The van der Waals surface area contributed by atoms with E-state index in [1.54, 1.807) is 0 Å². The van der Waals surface area contributed by atoms with E-state index >= 15 is 0 Å². The maximum absolute atomic E-state index is 5.98. The van der Waals surface area contributed by atoms with Crippen LogP contribution in [0.15, 0.2) is 0 Å². The largest absolute Gasteiger partial charge is 0.374 e. The lowest BCUT2D eigenvalue weighted by molar-refractivity contribution is -0.146. The minimum atomic E-state index is -0.645. The van der Waals surface area contributed by atoms with Crippen LogP contribution in [0.2, 0.25) is 0 Å². The maximum Gasteiger partial charge on any atom is 0.155 e. The Labute approximate surface area is 73.4 Å². The molecule has 0 aliphatic carbocycles. The molecule has 1 fully saturated rings. The Kier molecular flexibility index (Phi) is 3.46. The van der Waals surface area contributed by atoms with Crippen LogP contribution in [-0.4, -0.2) is 38.1 Å². The summed E-state index contributed by atoms with van der Waals surface area (Å²) in [6.07, 6.45) is -0.0599. The van der Waals surface area contributed by atoms with Crippen LogP contribution in [0.25, 0.3) is 0 Å². The van der Waals surface area contributed by atoms with Gasteiger partial charge in [0.2, 0.25) is 0 Å². The van der Waals surface area contributed by atoms with Crippen LogP contribution >= 0.6 is 0 Å². The van der Waals surface area contributed by atoms with Crippen molar-refractivity contribution in [1.29, 1.82) is 0 Å². The quantitative estimate of drug-likeness (QED) is 0.616. The van der Waals surface area contributed by atoms with Crippen molar-refractivity contribution in [2.24, 2.45) is 5.73 Å². The number of rotatable bonds is 3. The lowest BCUT2D eigenvalue weighted by atomic mass is 10.1. The average molecular weight is 174 g/mol. The minimum absolute atomic E-state index is 0.0599. The summed E-state index contributed by atoms with van der Waals surface area (Å²) in [7, 11) is 0. The van der Waals surface area contributed by atoms with Gasteiger partial charge in [-0.05, 0) is 13.8 Å². The number of hydrogen-bond donors (Lipinski definition) is 2. The molecule has 0 aromatic rings. The molecule has 4 heteroatoms. The van der Waals surface area contributed by atoms with Crippen molar-refractivity contribution in [2.45, 2.75) is 25.7 Å². The van der Waals surface area contributed by atoms with Crippen LogP contribution in [0.1, 0.15) is 13.8 Å². The molecule has 1 saturated heterocycles. The molecule has 0 saturated carbocycles.